The summed E-state index contributed by atoms with van der Waals surface area (Å²) in [5.41, 5.74) is 0.344. The fraction of sp³-hybridized carbons (Fsp3) is 0.419. The molecule has 2 fully saturated rings. The van der Waals surface area contributed by atoms with Crippen molar-refractivity contribution in [1.29, 1.82) is 0 Å². The number of anilines is 2. The van der Waals surface area contributed by atoms with Gasteiger partial charge in [0.2, 0.25) is 5.95 Å². The first kappa shape index (κ1) is 30.4. The molecule has 0 aliphatic carbocycles. The van der Waals surface area contributed by atoms with Crippen molar-refractivity contribution in [1.82, 2.24) is 24.3 Å². The second-order valence-corrected chi connectivity index (χ2v) is 11.4. The predicted octanol–water partition coefficient (Wildman–Crippen LogP) is 6.98. The molecule has 0 atom stereocenters. The van der Waals surface area contributed by atoms with Crippen molar-refractivity contribution in [3.05, 3.63) is 71.5 Å². The second kappa shape index (κ2) is 12.0. The van der Waals surface area contributed by atoms with E-state index in [9.17, 15) is 26.3 Å². The summed E-state index contributed by atoms with van der Waals surface area (Å²) in [6.07, 6.45) is -4.89. The van der Waals surface area contributed by atoms with Crippen LogP contribution in [0.4, 0.5) is 38.0 Å². The molecule has 2 aromatic heterocycles. The minimum absolute atomic E-state index is 0.0599. The van der Waals surface area contributed by atoms with Crippen LogP contribution in [-0.2, 0) is 23.6 Å². The van der Waals surface area contributed by atoms with Crippen LogP contribution >= 0.6 is 0 Å². The van der Waals surface area contributed by atoms with Crippen molar-refractivity contribution in [2.45, 2.75) is 37.8 Å². The molecular weight excluding hydrogens is 586 g/mol. The van der Waals surface area contributed by atoms with E-state index in [2.05, 4.69) is 56.4 Å². The Morgan fingerprint density at radius 1 is 0.886 bits per heavy atom. The van der Waals surface area contributed by atoms with Gasteiger partial charge in [-0.2, -0.15) is 31.3 Å². The summed E-state index contributed by atoms with van der Waals surface area (Å²) in [5.74, 6) is -0.106. The highest BCUT2D eigenvalue weighted by molar-refractivity contribution is 5.94. The van der Waals surface area contributed by atoms with Gasteiger partial charge in [-0.1, -0.05) is 24.3 Å². The van der Waals surface area contributed by atoms with Crippen molar-refractivity contribution < 1.29 is 31.1 Å². The number of fused-ring (bicyclic) bond motifs is 1. The van der Waals surface area contributed by atoms with Crippen molar-refractivity contribution in [2.75, 3.05) is 51.8 Å². The number of rotatable bonds is 6. The van der Waals surface area contributed by atoms with Gasteiger partial charge in [0.15, 0.2) is 0 Å². The Hall–Kier alpha value is -3.68. The number of piperazine rings is 1. The van der Waals surface area contributed by atoms with Gasteiger partial charge >= 0.3 is 12.4 Å². The molecule has 4 heterocycles. The lowest BCUT2D eigenvalue weighted by atomic mass is 10.0. The lowest BCUT2D eigenvalue weighted by molar-refractivity contribution is -0.143. The number of alkyl halides is 6. The van der Waals surface area contributed by atoms with Crippen LogP contribution in [0.5, 0.6) is 0 Å². The van der Waals surface area contributed by atoms with Gasteiger partial charge in [0.05, 0.1) is 11.1 Å². The summed E-state index contributed by atoms with van der Waals surface area (Å²) < 4.78 is 88.1. The lowest BCUT2D eigenvalue weighted by Crippen LogP contribution is -2.43. The summed E-state index contributed by atoms with van der Waals surface area (Å²) in [7, 11) is 2.13. The number of hydrogen-bond donors (Lipinski definition) is 1. The third-order valence-corrected chi connectivity index (χ3v) is 8.27. The van der Waals surface area contributed by atoms with Gasteiger partial charge in [-0.15, -0.1) is 0 Å². The van der Waals surface area contributed by atoms with E-state index in [1.54, 1.807) is 6.20 Å². The van der Waals surface area contributed by atoms with Gasteiger partial charge in [-0.25, -0.2) is 4.98 Å². The highest BCUT2D eigenvalue weighted by atomic mass is 19.4. The molecule has 2 saturated heterocycles. The van der Waals surface area contributed by atoms with Gasteiger partial charge < -0.3 is 19.5 Å². The molecule has 0 bridgehead atoms. The normalized spacial score (nSPS) is 17.8. The van der Waals surface area contributed by atoms with Gasteiger partial charge in [0, 0.05) is 81.0 Å². The summed E-state index contributed by atoms with van der Waals surface area (Å²) in [4.78, 5) is 13.6. The van der Waals surface area contributed by atoms with Gasteiger partial charge in [-0.05, 0) is 49.2 Å². The molecular formula is C31H32F6N6O. The molecule has 0 unspecified atom stereocenters. The maximum atomic E-state index is 13.4. The fourth-order valence-corrected chi connectivity index (χ4v) is 5.77. The van der Waals surface area contributed by atoms with Crippen molar-refractivity contribution in [2.24, 2.45) is 0 Å². The summed E-state index contributed by atoms with van der Waals surface area (Å²) >= 11 is 0. The summed E-state index contributed by atoms with van der Waals surface area (Å²) in [6.45, 7) is 6.12. The molecule has 4 aromatic rings. The van der Waals surface area contributed by atoms with E-state index in [0.717, 1.165) is 62.1 Å². The van der Waals surface area contributed by atoms with E-state index in [1.807, 2.05) is 10.8 Å². The molecule has 0 amide bonds. The van der Waals surface area contributed by atoms with E-state index < -0.39 is 29.2 Å². The van der Waals surface area contributed by atoms with E-state index >= 15 is 0 Å². The zero-order valence-corrected chi connectivity index (χ0v) is 24.0. The standard InChI is InChI=1S/C31H32F6N6O/c1-41-8-10-42(11-9-41)18-20-2-4-21(5-3-20)27-19-43(25-6-12-44-13-7-25)28-26(27)17-38-29(40-28)39-24-15-22(30(32,33)34)14-23(16-24)31(35,36)37/h2-5,14-17,19,25H,6-13,18H2,1H3,(H,38,39,40). The molecule has 13 heteroatoms. The Balaban J connectivity index is 1.33. The van der Waals surface area contributed by atoms with E-state index in [-0.39, 0.29) is 18.1 Å². The van der Waals surface area contributed by atoms with Crippen molar-refractivity contribution in [3.8, 4) is 11.1 Å². The maximum Gasteiger partial charge on any atom is 0.416 e. The smallest absolute Gasteiger partial charge is 0.381 e. The van der Waals surface area contributed by atoms with Gasteiger partial charge in [0.25, 0.3) is 0 Å². The minimum atomic E-state index is -4.96. The number of ether oxygens (including phenoxy) is 1. The van der Waals surface area contributed by atoms with Crippen LogP contribution < -0.4 is 5.32 Å². The van der Waals surface area contributed by atoms with Crippen LogP contribution in [0.3, 0.4) is 0 Å². The number of benzene rings is 2. The molecule has 0 radical (unpaired) electrons. The molecule has 234 valence electrons. The molecule has 0 saturated carbocycles. The summed E-state index contributed by atoms with van der Waals surface area (Å²) in [5, 5.41) is 3.31. The fourth-order valence-electron chi connectivity index (χ4n) is 5.77. The SMILES string of the molecule is CN1CCN(Cc2ccc(-c3cn(C4CCOCC4)c4nc(Nc5cc(C(F)(F)F)cc(C(F)(F)F)c5)ncc34)cc2)CC1. The number of likely N-dealkylation sites (N-methyl/N-ethyl adjacent to an activating group) is 1. The number of nitrogens with one attached hydrogen (secondary N) is 1. The van der Waals surface area contributed by atoms with Gasteiger partial charge in [-0.3, -0.25) is 4.90 Å². The van der Waals surface area contributed by atoms with Crippen LogP contribution in [0.1, 0.15) is 35.6 Å². The monoisotopic (exact) mass is 618 g/mol. The van der Waals surface area contributed by atoms with Crippen molar-refractivity contribution >= 4 is 22.7 Å². The quantitative estimate of drug-likeness (QED) is 0.236. The Morgan fingerprint density at radius 3 is 2.14 bits per heavy atom. The molecule has 6 rings (SSSR count). The highest BCUT2D eigenvalue weighted by Crippen LogP contribution is 2.39. The topological polar surface area (TPSA) is 58.5 Å². The second-order valence-electron chi connectivity index (χ2n) is 11.4. The zero-order valence-electron chi connectivity index (χ0n) is 24.0. The van der Waals surface area contributed by atoms with E-state index in [1.165, 1.54) is 5.56 Å². The third kappa shape index (κ3) is 6.69. The maximum absolute atomic E-state index is 13.4. The van der Waals surface area contributed by atoms with Crippen LogP contribution in [0.15, 0.2) is 54.9 Å². The third-order valence-electron chi connectivity index (χ3n) is 8.27. The molecule has 1 N–H and O–H groups in total. The largest absolute Gasteiger partial charge is 0.416 e. The van der Waals surface area contributed by atoms with Crippen LogP contribution in [0.2, 0.25) is 0 Å². The Bertz CT molecular complexity index is 1570. The van der Waals surface area contributed by atoms with Crippen LogP contribution in [0, 0.1) is 0 Å². The van der Waals surface area contributed by atoms with Gasteiger partial charge in [0.1, 0.15) is 5.65 Å². The van der Waals surface area contributed by atoms with E-state index in [4.69, 9.17) is 4.74 Å². The zero-order chi connectivity index (χ0) is 31.1. The molecule has 2 aliphatic rings. The Labute approximate surface area is 250 Å². The molecule has 7 nitrogen and oxygen atoms in total. The van der Waals surface area contributed by atoms with E-state index in [0.29, 0.717) is 31.0 Å². The first-order chi connectivity index (χ1) is 20.9. The predicted molar refractivity (Wildman–Crippen MR) is 155 cm³/mol. The highest BCUT2D eigenvalue weighted by Gasteiger charge is 2.37. The lowest BCUT2D eigenvalue weighted by Gasteiger charge is -2.32. The molecule has 2 aliphatic heterocycles. The molecule has 2 aromatic carbocycles. The number of nitrogens with zero attached hydrogens (tertiary/aromatic N) is 5. The Kier molecular flexibility index (Phi) is 8.29. The van der Waals surface area contributed by atoms with Crippen LogP contribution in [0.25, 0.3) is 22.2 Å². The van der Waals surface area contributed by atoms with Crippen molar-refractivity contribution in [3.63, 3.8) is 0 Å². The Morgan fingerprint density at radius 2 is 1.52 bits per heavy atom. The molecule has 44 heavy (non-hydrogen) atoms. The average molecular weight is 619 g/mol. The molecule has 0 spiro atoms. The minimum Gasteiger partial charge on any atom is -0.381 e. The summed E-state index contributed by atoms with van der Waals surface area (Å²) in [6, 6.07) is 9.72. The number of hydrogen-bond acceptors (Lipinski definition) is 6. The number of halogens is 6. The average Bonchev–Trinajstić information content (AvgIpc) is 3.37. The first-order valence-electron chi connectivity index (χ1n) is 14.5. The van der Waals surface area contributed by atoms with Crippen LogP contribution in [-0.4, -0.2) is 70.8 Å². The first-order valence-corrected chi connectivity index (χ1v) is 14.5. The number of aromatic nitrogens is 3.